The van der Waals surface area contributed by atoms with E-state index in [0.29, 0.717) is 12.6 Å². The van der Waals surface area contributed by atoms with Crippen molar-refractivity contribution in [2.75, 3.05) is 20.2 Å². The molecular formula is C15H21N3O. The van der Waals surface area contributed by atoms with E-state index in [0.717, 1.165) is 18.5 Å². The highest BCUT2D eigenvalue weighted by atomic mass is 16.2. The summed E-state index contributed by atoms with van der Waals surface area (Å²) < 4.78 is 0. The molecule has 0 radical (unpaired) electrons. The van der Waals surface area contributed by atoms with Gasteiger partial charge in [0, 0.05) is 12.7 Å². The minimum Gasteiger partial charge on any atom is -0.392 e. The summed E-state index contributed by atoms with van der Waals surface area (Å²) in [5.41, 5.74) is 3.35. The van der Waals surface area contributed by atoms with E-state index in [4.69, 9.17) is 5.11 Å². The first kappa shape index (κ1) is 13.9. The van der Waals surface area contributed by atoms with Gasteiger partial charge in [-0.1, -0.05) is 6.07 Å². The molecule has 0 saturated carbocycles. The number of rotatable bonds is 5. The summed E-state index contributed by atoms with van der Waals surface area (Å²) in [6.07, 6.45) is 6.98. The van der Waals surface area contributed by atoms with Crippen LogP contribution in [0.15, 0.2) is 35.1 Å². The maximum atomic E-state index is 8.95. The predicted octanol–water partition coefficient (Wildman–Crippen LogP) is 1.97. The van der Waals surface area contributed by atoms with Crippen molar-refractivity contribution in [2.45, 2.75) is 25.3 Å². The van der Waals surface area contributed by atoms with Crippen LogP contribution in [0.1, 0.15) is 30.1 Å². The summed E-state index contributed by atoms with van der Waals surface area (Å²) >= 11 is 0. The number of aliphatic hydroxyl groups is 1. The van der Waals surface area contributed by atoms with Gasteiger partial charge in [0.15, 0.2) is 0 Å². The van der Waals surface area contributed by atoms with Gasteiger partial charge in [0.25, 0.3) is 0 Å². The van der Waals surface area contributed by atoms with Crippen molar-refractivity contribution >= 4 is 6.72 Å². The van der Waals surface area contributed by atoms with Crippen molar-refractivity contribution in [3.63, 3.8) is 0 Å². The monoisotopic (exact) mass is 259 g/mol. The van der Waals surface area contributed by atoms with Gasteiger partial charge in [0.2, 0.25) is 0 Å². The summed E-state index contributed by atoms with van der Waals surface area (Å²) in [5.74, 6) is 0. The molecule has 0 saturated heterocycles. The Bertz CT molecular complexity index is 470. The molecule has 0 aromatic carbocycles. The van der Waals surface area contributed by atoms with Gasteiger partial charge in [-0.15, -0.1) is 0 Å². The van der Waals surface area contributed by atoms with Crippen LogP contribution in [0.2, 0.25) is 0 Å². The molecule has 102 valence electrons. The molecule has 1 aliphatic rings. The van der Waals surface area contributed by atoms with Crippen LogP contribution < -0.4 is 0 Å². The zero-order valence-corrected chi connectivity index (χ0v) is 11.4. The lowest BCUT2D eigenvalue weighted by molar-refractivity contribution is 0.232. The molecule has 1 N–H and O–H groups in total. The van der Waals surface area contributed by atoms with Crippen LogP contribution in [-0.2, 0) is 6.42 Å². The first-order valence-corrected chi connectivity index (χ1v) is 6.67. The van der Waals surface area contributed by atoms with Gasteiger partial charge in [0.1, 0.15) is 0 Å². The smallest absolute Gasteiger partial charge is 0.0633 e. The molecule has 1 unspecified atom stereocenters. The van der Waals surface area contributed by atoms with E-state index >= 15 is 0 Å². The summed E-state index contributed by atoms with van der Waals surface area (Å²) in [7, 11) is 2.07. The molecule has 0 fully saturated rings. The molecule has 1 heterocycles. The summed E-state index contributed by atoms with van der Waals surface area (Å²) in [4.78, 5) is 10.7. The number of aromatic nitrogens is 1. The lowest BCUT2D eigenvalue weighted by Gasteiger charge is -2.32. The molecule has 0 bridgehead atoms. The van der Waals surface area contributed by atoms with Crippen molar-refractivity contribution in [1.82, 2.24) is 9.88 Å². The zero-order chi connectivity index (χ0) is 13.7. The van der Waals surface area contributed by atoms with Crippen LogP contribution in [0.5, 0.6) is 0 Å². The van der Waals surface area contributed by atoms with Gasteiger partial charge in [-0.05, 0) is 50.7 Å². The second-order valence-corrected chi connectivity index (χ2v) is 4.91. The minimum atomic E-state index is 0.00168. The van der Waals surface area contributed by atoms with Crippen LogP contribution in [0.25, 0.3) is 0 Å². The molecule has 1 aromatic heterocycles. The molecule has 0 spiro atoms. The third-order valence-corrected chi connectivity index (χ3v) is 3.64. The highest BCUT2D eigenvalue weighted by Crippen LogP contribution is 2.32. The third-order valence-electron chi connectivity index (χ3n) is 3.64. The molecule has 4 heteroatoms. The van der Waals surface area contributed by atoms with Crippen LogP contribution in [0, 0.1) is 0 Å². The van der Waals surface area contributed by atoms with Gasteiger partial charge in [-0.3, -0.25) is 14.9 Å². The number of likely N-dealkylation sites (N-methyl/N-ethyl adjacent to an activating group) is 1. The Morgan fingerprint density at radius 3 is 3.26 bits per heavy atom. The fraction of sp³-hybridized carbons (Fsp3) is 0.467. The number of nitrogens with zero attached hydrogens (tertiary/aromatic N) is 3. The molecule has 1 atom stereocenters. The molecule has 4 nitrogen and oxygen atoms in total. The second-order valence-electron chi connectivity index (χ2n) is 4.91. The standard InChI is InChI=1S/C15H21N3O/c1-16-13(8-10-19)11-18(2)14-7-3-5-12-6-4-9-17-15(12)14/h4,6,8-9,14,19H,1,3,5,7,10-11H2,2H3/b13-8+. The topological polar surface area (TPSA) is 48.7 Å². The normalized spacial score (nSPS) is 19.3. The van der Waals surface area contributed by atoms with E-state index in [1.165, 1.54) is 17.7 Å². The lowest BCUT2D eigenvalue weighted by atomic mass is 9.91. The molecule has 2 rings (SSSR count). The number of aliphatic imine (C=N–C) groups is 1. The van der Waals surface area contributed by atoms with Gasteiger partial charge >= 0.3 is 0 Å². The number of fused-ring (bicyclic) bond motifs is 1. The molecule has 0 amide bonds. The van der Waals surface area contributed by atoms with Gasteiger partial charge in [-0.2, -0.15) is 0 Å². The van der Waals surface area contributed by atoms with Gasteiger partial charge in [0.05, 0.1) is 24.0 Å². The number of aliphatic hydroxyl groups excluding tert-OH is 1. The van der Waals surface area contributed by atoms with Crippen molar-refractivity contribution in [1.29, 1.82) is 0 Å². The third kappa shape index (κ3) is 3.28. The largest absolute Gasteiger partial charge is 0.392 e. The van der Waals surface area contributed by atoms with Crippen LogP contribution in [0.3, 0.4) is 0 Å². The van der Waals surface area contributed by atoms with E-state index < -0.39 is 0 Å². The molecule has 1 aliphatic carbocycles. The first-order chi connectivity index (χ1) is 9.26. The van der Waals surface area contributed by atoms with Crippen molar-refractivity contribution in [3.05, 3.63) is 41.4 Å². The Kier molecular flexibility index (Phi) is 4.82. The Morgan fingerprint density at radius 1 is 1.68 bits per heavy atom. The Labute approximate surface area is 114 Å². The molecule has 1 aromatic rings. The fourth-order valence-electron chi connectivity index (χ4n) is 2.66. The van der Waals surface area contributed by atoms with E-state index in [1.807, 2.05) is 12.3 Å². The van der Waals surface area contributed by atoms with Crippen molar-refractivity contribution in [3.8, 4) is 0 Å². The van der Waals surface area contributed by atoms with E-state index in [9.17, 15) is 0 Å². The number of hydrogen-bond donors (Lipinski definition) is 1. The van der Waals surface area contributed by atoms with Gasteiger partial charge in [-0.25, -0.2) is 0 Å². The number of hydrogen-bond acceptors (Lipinski definition) is 4. The van der Waals surface area contributed by atoms with E-state index in [-0.39, 0.29) is 6.61 Å². The average molecular weight is 259 g/mol. The molecular weight excluding hydrogens is 238 g/mol. The maximum Gasteiger partial charge on any atom is 0.0633 e. The van der Waals surface area contributed by atoms with E-state index in [1.54, 1.807) is 6.08 Å². The Morgan fingerprint density at radius 2 is 2.53 bits per heavy atom. The van der Waals surface area contributed by atoms with Crippen LogP contribution in [0.4, 0.5) is 0 Å². The molecule has 19 heavy (non-hydrogen) atoms. The predicted molar refractivity (Wildman–Crippen MR) is 77.3 cm³/mol. The van der Waals surface area contributed by atoms with Crippen LogP contribution >= 0.6 is 0 Å². The SMILES string of the molecule is C=N/C(=C/CO)CN(C)C1CCCc2cccnc21. The summed E-state index contributed by atoms with van der Waals surface area (Å²) in [6.45, 7) is 4.24. The summed E-state index contributed by atoms with van der Waals surface area (Å²) in [6, 6.07) is 4.50. The van der Waals surface area contributed by atoms with E-state index in [2.05, 4.69) is 34.7 Å². The highest BCUT2D eigenvalue weighted by molar-refractivity contribution is 5.30. The fourth-order valence-corrected chi connectivity index (χ4v) is 2.66. The van der Waals surface area contributed by atoms with Gasteiger partial charge < -0.3 is 5.11 Å². The average Bonchev–Trinajstić information content (AvgIpc) is 2.46. The van der Waals surface area contributed by atoms with Crippen molar-refractivity contribution < 1.29 is 5.11 Å². The Balaban J connectivity index is 2.14. The second kappa shape index (κ2) is 6.59. The summed E-state index contributed by atoms with van der Waals surface area (Å²) in [5, 5.41) is 8.95. The quantitative estimate of drug-likeness (QED) is 0.822. The van der Waals surface area contributed by atoms with Crippen molar-refractivity contribution in [2.24, 2.45) is 4.99 Å². The van der Waals surface area contributed by atoms with Crippen LogP contribution in [-0.4, -0.2) is 41.9 Å². The number of aryl methyl sites for hydroxylation is 1. The Hall–Kier alpha value is -1.52. The first-order valence-electron chi connectivity index (χ1n) is 6.67. The molecule has 0 aliphatic heterocycles. The maximum absolute atomic E-state index is 8.95. The lowest BCUT2D eigenvalue weighted by Crippen LogP contribution is -2.30. The number of pyridine rings is 1. The minimum absolute atomic E-state index is 0.00168. The zero-order valence-electron chi connectivity index (χ0n) is 11.4. The highest BCUT2D eigenvalue weighted by Gasteiger charge is 2.24.